The number of fused-ring (bicyclic) bond motifs is 1. The third kappa shape index (κ3) is 5.34. The molecule has 2 N–H and O–H groups in total. The van der Waals surface area contributed by atoms with Crippen LogP contribution in [0.5, 0.6) is 0 Å². The molecule has 0 spiro atoms. The first-order chi connectivity index (χ1) is 19.2. The Hall–Kier alpha value is -4.46. The van der Waals surface area contributed by atoms with Crippen LogP contribution in [0.3, 0.4) is 0 Å². The second-order valence-electron chi connectivity index (χ2n) is 10.8. The molecule has 8 heteroatoms. The number of hydrogen-bond acceptors (Lipinski definition) is 4. The van der Waals surface area contributed by atoms with Crippen LogP contribution in [0.25, 0.3) is 11.1 Å². The third-order valence-corrected chi connectivity index (χ3v) is 7.77. The van der Waals surface area contributed by atoms with Gasteiger partial charge in [0, 0.05) is 36.8 Å². The summed E-state index contributed by atoms with van der Waals surface area (Å²) in [7, 11) is 0. The van der Waals surface area contributed by atoms with Crippen molar-refractivity contribution in [2.75, 3.05) is 5.32 Å². The minimum atomic E-state index is -0.776. The van der Waals surface area contributed by atoms with Crippen LogP contribution in [0.1, 0.15) is 71.5 Å². The fourth-order valence-corrected chi connectivity index (χ4v) is 5.75. The Bertz CT molecular complexity index is 1540. The normalized spacial score (nSPS) is 15.4. The summed E-state index contributed by atoms with van der Waals surface area (Å²) >= 11 is 0. The number of aryl methyl sites for hydroxylation is 2. The van der Waals surface area contributed by atoms with E-state index in [2.05, 4.69) is 27.9 Å². The van der Waals surface area contributed by atoms with Gasteiger partial charge in [0.25, 0.3) is 5.91 Å². The first-order valence-corrected chi connectivity index (χ1v) is 13.8. The van der Waals surface area contributed by atoms with Crippen LogP contribution in [-0.2, 0) is 11.2 Å². The van der Waals surface area contributed by atoms with Crippen molar-refractivity contribution in [3.63, 3.8) is 0 Å². The standard InChI is InChI=1S/C32H35N5O3/c1-20(2)37-28(16-18-33-37)31(38)35-30(27-11-7-9-23-8-5-6-10-26(23)27)32(39)34-25-14-12-24(13-15-25)29-21(3)17-19-36(40)22(29)4/h5-6,8,10,12-20,27,30H,7,9,11H2,1-4H3,(H,34,39)(H,35,38)/t27-,30-/m0/s1. The Balaban J connectivity index is 1.43. The van der Waals surface area contributed by atoms with Gasteiger partial charge in [0.15, 0.2) is 11.9 Å². The van der Waals surface area contributed by atoms with Gasteiger partial charge in [-0.1, -0.05) is 36.4 Å². The fourth-order valence-electron chi connectivity index (χ4n) is 5.75. The molecule has 40 heavy (non-hydrogen) atoms. The summed E-state index contributed by atoms with van der Waals surface area (Å²) in [5.41, 5.74) is 6.75. The number of pyridine rings is 1. The molecule has 206 valence electrons. The maximum atomic E-state index is 13.9. The zero-order valence-corrected chi connectivity index (χ0v) is 23.3. The molecule has 2 aromatic carbocycles. The molecule has 4 aromatic rings. The molecule has 0 saturated heterocycles. The molecule has 0 saturated carbocycles. The number of carbonyl (C=O) groups is 2. The zero-order chi connectivity index (χ0) is 28.4. The number of aromatic nitrogens is 3. The van der Waals surface area contributed by atoms with Crippen molar-refractivity contribution in [2.24, 2.45) is 0 Å². The van der Waals surface area contributed by atoms with Gasteiger partial charge < -0.3 is 15.8 Å². The number of amides is 2. The Morgan fingerprint density at radius 3 is 2.55 bits per heavy atom. The lowest BCUT2D eigenvalue weighted by Crippen LogP contribution is -2.48. The van der Waals surface area contributed by atoms with Crippen LogP contribution in [0.2, 0.25) is 0 Å². The molecule has 8 nitrogen and oxygen atoms in total. The third-order valence-electron chi connectivity index (χ3n) is 7.77. The second-order valence-corrected chi connectivity index (χ2v) is 10.8. The van der Waals surface area contributed by atoms with Crippen molar-refractivity contribution in [3.8, 4) is 11.1 Å². The number of benzene rings is 2. The van der Waals surface area contributed by atoms with Crippen molar-refractivity contribution in [1.29, 1.82) is 0 Å². The van der Waals surface area contributed by atoms with E-state index < -0.39 is 6.04 Å². The lowest BCUT2D eigenvalue weighted by Gasteiger charge is -2.32. The number of nitrogens with zero attached hydrogens (tertiary/aromatic N) is 3. The maximum Gasteiger partial charge on any atom is 0.270 e. The highest BCUT2D eigenvalue weighted by Gasteiger charge is 2.35. The monoisotopic (exact) mass is 537 g/mol. The highest BCUT2D eigenvalue weighted by molar-refractivity contribution is 6.01. The molecule has 1 aliphatic carbocycles. The van der Waals surface area contributed by atoms with Gasteiger partial charge >= 0.3 is 0 Å². The first-order valence-electron chi connectivity index (χ1n) is 13.8. The molecule has 1 aliphatic rings. The summed E-state index contributed by atoms with van der Waals surface area (Å²) in [6, 6.07) is 18.3. The number of nitrogens with one attached hydrogen (secondary N) is 2. The van der Waals surface area contributed by atoms with Gasteiger partial charge in [0.2, 0.25) is 5.91 Å². The second kappa shape index (κ2) is 11.3. The van der Waals surface area contributed by atoms with E-state index in [1.54, 1.807) is 29.9 Å². The summed E-state index contributed by atoms with van der Waals surface area (Å²) in [4.78, 5) is 27.3. The molecule has 5 rings (SSSR count). The van der Waals surface area contributed by atoms with Crippen LogP contribution in [0, 0.1) is 19.1 Å². The summed E-state index contributed by atoms with van der Waals surface area (Å²) in [5.74, 6) is -0.765. The fraction of sp³-hybridized carbons (Fsp3) is 0.312. The summed E-state index contributed by atoms with van der Waals surface area (Å²) in [5, 5.41) is 22.5. The summed E-state index contributed by atoms with van der Waals surface area (Å²) in [6.07, 6.45) is 5.80. The molecule has 2 heterocycles. The molecule has 0 unspecified atom stereocenters. The van der Waals surface area contributed by atoms with E-state index in [0.717, 1.165) is 46.2 Å². The van der Waals surface area contributed by atoms with Crippen LogP contribution in [0.4, 0.5) is 5.69 Å². The summed E-state index contributed by atoms with van der Waals surface area (Å²) < 4.78 is 2.52. The van der Waals surface area contributed by atoms with E-state index in [4.69, 9.17) is 0 Å². The van der Waals surface area contributed by atoms with Gasteiger partial charge in [-0.2, -0.15) is 9.83 Å². The Morgan fingerprint density at radius 2 is 1.80 bits per heavy atom. The molecule has 0 bridgehead atoms. The molecular weight excluding hydrogens is 502 g/mol. The predicted octanol–water partition coefficient (Wildman–Crippen LogP) is 5.24. The van der Waals surface area contributed by atoms with E-state index in [1.807, 2.05) is 57.2 Å². The topological polar surface area (TPSA) is 103 Å². The Kier molecular flexibility index (Phi) is 7.69. The van der Waals surface area contributed by atoms with Crippen molar-refractivity contribution >= 4 is 17.5 Å². The van der Waals surface area contributed by atoms with Gasteiger partial charge in [0.1, 0.15) is 11.7 Å². The lowest BCUT2D eigenvalue weighted by atomic mass is 9.78. The van der Waals surface area contributed by atoms with E-state index in [0.29, 0.717) is 17.1 Å². The van der Waals surface area contributed by atoms with Gasteiger partial charge in [-0.05, 0) is 80.5 Å². The molecular formula is C32H35N5O3. The molecule has 2 aromatic heterocycles. The van der Waals surface area contributed by atoms with Crippen LogP contribution >= 0.6 is 0 Å². The summed E-state index contributed by atoms with van der Waals surface area (Å²) in [6.45, 7) is 7.69. The van der Waals surface area contributed by atoms with Gasteiger partial charge in [0.05, 0.1) is 5.56 Å². The smallest absolute Gasteiger partial charge is 0.270 e. The van der Waals surface area contributed by atoms with Crippen molar-refractivity contribution in [3.05, 3.63) is 106 Å². The number of carbonyl (C=O) groups excluding carboxylic acids is 2. The average Bonchev–Trinajstić information content (AvgIpc) is 3.45. The SMILES string of the molecule is Cc1cc[n+]([O-])c(C)c1-c1ccc(NC(=O)[C@@H](NC(=O)c2ccnn2C(C)C)[C@H]2CCCc3ccccc32)cc1. The van der Waals surface area contributed by atoms with E-state index in [1.165, 1.54) is 11.8 Å². The van der Waals surface area contributed by atoms with Crippen LogP contribution < -0.4 is 15.4 Å². The Morgan fingerprint density at radius 1 is 1.05 bits per heavy atom. The van der Waals surface area contributed by atoms with Crippen LogP contribution in [0.15, 0.2) is 73.1 Å². The minimum Gasteiger partial charge on any atom is -0.618 e. The highest BCUT2D eigenvalue weighted by atomic mass is 16.5. The molecule has 0 radical (unpaired) electrons. The highest BCUT2D eigenvalue weighted by Crippen LogP contribution is 2.35. The lowest BCUT2D eigenvalue weighted by molar-refractivity contribution is -0.611. The first kappa shape index (κ1) is 27.1. The largest absolute Gasteiger partial charge is 0.618 e. The molecule has 0 fully saturated rings. The molecule has 2 atom stereocenters. The van der Waals surface area contributed by atoms with E-state index in [-0.39, 0.29) is 23.8 Å². The van der Waals surface area contributed by atoms with Crippen molar-refractivity contribution < 1.29 is 14.3 Å². The quantitative estimate of drug-likeness (QED) is 0.249. The predicted molar refractivity (Wildman–Crippen MR) is 155 cm³/mol. The van der Waals surface area contributed by atoms with Crippen LogP contribution in [-0.4, -0.2) is 27.6 Å². The van der Waals surface area contributed by atoms with E-state index in [9.17, 15) is 14.8 Å². The molecule has 0 aliphatic heterocycles. The van der Waals surface area contributed by atoms with Gasteiger partial charge in [-0.15, -0.1) is 0 Å². The number of hydrogen-bond donors (Lipinski definition) is 2. The minimum absolute atomic E-state index is 0.00456. The number of rotatable bonds is 7. The maximum absolute atomic E-state index is 13.9. The van der Waals surface area contributed by atoms with E-state index >= 15 is 0 Å². The van der Waals surface area contributed by atoms with Gasteiger partial charge in [-0.25, -0.2) is 0 Å². The molecule has 2 amide bonds. The van der Waals surface area contributed by atoms with Gasteiger partial charge in [-0.3, -0.25) is 14.3 Å². The number of anilines is 1. The average molecular weight is 538 g/mol. The Labute approximate surface area is 234 Å². The van der Waals surface area contributed by atoms with Crippen molar-refractivity contribution in [1.82, 2.24) is 15.1 Å². The zero-order valence-electron chi connectivity index (χ0n) is 23.3. The van der Waals surface area contributed by atoms with Crippen molar-refractivity contribution in [2.45, 2.75) is 65.0 Å².